The van der Waals surface area contributed by atoms with E-state index in [1.54, 1.807) is 11.8 Å². The highest BCUT2D eigenvalue weighted by atomic mass is 32.2. The molecule has 0 amide bonds. The quantitative estimate of drug-likeness (QED) is 0.504. The van der Waals surface area contributed by atoms with Crippen molar-refractivity contribution in [2.45, 2.75) is 29.0 Å². The number of nitrogens with zero attached hydrogens (tertiary/aromatic N) is 1. The molecule has 0 aromatic heterocycles. The molecule has 2 aromatic carbocycles. The summed E-state index contributed by atoms with van der Waals surface area (Å²) in [7, 11) is 2.08. The van der Waals surface area contributed by atoms with E-state index in [1.165, 1.54) is 0 Å². The van der Waals surface area contributed by atoms with E-state index in [0.29, 0.717) is 11.1 Å². The van der Waals surface area contributed by atoms with E-state index < -0.39 is 22.2 Å². The Morgan fingerprint density at radius 1 is 0.857 bits per heavy atom. The first kappa shape index (κ1) is 16.2. The highest BCUT2D eigenvalue weighted by molar-refractivity contribution is 8.01. The lowest BCUT2D eigenvalue weighted by molar-refractivity contribution is -0.149. The molecule has 3 aliphatic heterocycles. The first-order valence-corrected chi connectivity index (χ1v) is 10.1. The maximum absolute atomic E-state index is 12.9. The van der Waals surface area contributed by atoms with Crippen molar-refractivity contribution in [1.29, 1.82) is 0 Å². The molecule has 1 fully saturated rings. The molecule has 1 aliphatic carbocycles. The van der Waals surface area contributed by atoms with E-state index in [4.69, 9.17) is 4.74 Å². The molecule has 4 nitrogen and oxygen atoms in total. The summed E-state index contributed by atoms with van der Waals surface area (Å²) in [6, 6.07) is 16.2. The van der Waals surface area contributed by atoms with E-state index in [1.807, 2.05) is 36.4 Å². The van der Waals surface area contributed by atoms with Crippen LogP contribution in [-0.4, -0.2) is 29.3 Å². The van der Waals surface area contributed by atoms with E-state index in [2.05, 4.69) is 37.9 Å². The number of hydrogen-bond donors (Lipinski definition) is 0. The predicted molar refractivity (Wildman–Crippen MR) is 109 cm³/mol. The third-order valence-electron chi connectivity index (χ3n) is 6.91. The summed E-state index contributed by atoms with van der Waals surface area (Å²) in [5.41, 5.74) is 5.31. The molecule has 3 heterocycles. The van der Waals surface area contributed by atoms with Gasteiger partial charge in [-0.2, -0.15) is 0 Å². The molecule has 6 rings (SSSR count). The highest BCUT2D eigenvalue weighted by Crippen LogP contribution is 2.69. The number of fused-ring (bicyclic) bond motifs is 8. The molecule has 0 bridgehead atoms. The number of hydrogen-bond acceptors (Lipinski definition) is 5. The number of rotatable bonds is 0. The Morgan fingerprint density at radius 2 is 1.46 bits per heavy atom. The van der Waals surface area contributed by atoms with Crippen LogP contribution in [0.5, 0.6) is 0 Å². The molecule has 0 saturated carbocycles. The van der Waals surface area contributed by atoms with E-state index in [9.17, 15) is 9.59 Å². The van der Waals surface area contributed by atoms with Crippen molar-refractivity contribution >= 4 is 40.5 Å². The monoisotopic (exact) mass is 387 g/mol. The van der Waals surface area contributed by atoms with Crippen molar-refractivity contribution < 1.29 is 14.3 Å². The van der Waals surface area contributed by atoms with Gasteiger partial charge in [0.25, 0.3) is 0 Å². The van der Waals surface area contributed by atoms with Crippen molar-refractivity contribution in [3.8, 4) is 0 Å². The number of carbonyl (C=O) groups excluding carboxylic acids is 2. The van der Waals surface area contributed by atoms with Gasteiger partial charge in [-0.15, -0.1) is 11.8 Å². The summed E-state index contributed by atoms with van der Waals surface area (Å²) in [5.74, 6) is -1.06. The average Bonchev–Trinajstić information content (AvgIpc) is 3.23. The minimum atomic E-state index is -0.532. The van der Waals surface area contributed by atoms with Gasteiger partial charge < -0.3 is 9.64 Å². The van der Waals surface area contributed by atoms with Gasteiger partial charge in [-0.3, -0.25) is 0 Å². The number of thioether (sulfide) groups is 1. The number of anilines is 1. The van der Waals surface area contributed by atoms with Crippen molar-refractivity contribution in [2.75, 3.05) is 11.9 Å². The van der Waals surface area contributed by atoms with Gasteiger partial charge in [0.1, 0.15) is 0 Å². The van der Waals surface area contributed by atoms with Crippen LogP contribution in [0, 0.1) is 0 Å². The zero-order valence-electron chi connectivity index (χ0n) is 15.7. The molecule has 0 spiro atoms. The Kier molecular flexibility index (Phi) is 2.77. The Hall–Kier alpha value is -2.79. The Balaban J connectivity index is 1.82. The fraction of sp³-hybridized carbons (Fsp3) is 0.217. The maximum Gasteiger partial charge on any atom is 0.347 e. The molecule has 5 heteroatoms. The molecule has 2 aromatic rings. The zero-order valence-corrected chi connectivity index (χ0v) is 16.5. The Labute approximate surface area is 166 Å². The first-order valence-electron chi connectivity index (χ1n) is 9.27. The third kappa shape index (κ3) is 1.51. The van der Waals surface area contributed by atoms with Crippen LogP contribution < -0.4 is 4.90 Å². The Bertz CT molecular complexity index is 1210. The fourth-order valence-corrected chi connectivity index (χ4v) is 7.05. The van der Waals surface area contributed by atoms with Crippen LogP contribution in [-0.2, 0) is 14.3 Å². The topological polar surface area (TPSA) is 46.6 Å². The third-order valence-corrected chi connectivity index (χ3v) is 8.50. The van der Waals surface area contributed by atoms with Gasteiger partial charge in [0.05, 0.1) is 21.4 Å². The van der Waals surface area contributed by atoms with Crippen LogP contribution >= 0.6 is 11.8 Å². The maximum atomic E-state index is 12.9. The smallest absolute Gasteiger partial charge is 0.347 e. The fourth-order valence-electron chi connectivity index (χ4n) is 5.44. The summed E-state index contributed by atoms with van der Waals surface area (Å²) >= 11 is 1.77. The van der Waals surface area contributed by atoms with Gasteiger partial charge in [-0.25, -0.2) is 9.59 Å². The van der Waals surface area contributed by atoms with E-state index in [0.717, 1.165) is 32.9 Å². The highest BCUT2D eigenvalue weighted by Gasteiger charge is 2.66. The van der Waals surface area contributed by atoms with Crippen LogP contribution in [0.1, 0.15) is 25.0 Å². The molecular weight excluding hydrogens is 370 g/mol. The van der Waals surface area contributed by atoms with E-state index in [-0.39, 0.29) is 0 Å². The molecular formula is C23H17NO3S. The summed E-state index contributed by atoms with van der Waals surface area (Å²) in [6.45, 7) is 4.37. The number of ether oxygens (including phenoxy) is 1. The molecule has 0 N–H and O–H groups in total. The molecule has 0 radical (unpaired) electrons. The van der Waals surface area contributed by atoms with E-state index >= 15 is 0 Å². The van der Waals surface area contributed by atoms with Crippen molar-refractivity contribution in [1.82, 2.24) is 0 Å². The van der Waals surface area contributed by atoms with Crippen LogP contribution in [0.25, 0.3) is 11.1 Å². The molecule has 2 atom stereocenters. The molecule has 138 valence electrons. The van der Waals surface area contributed by atoms with Crippen LogP contribution in [0.4, 0.5) is 5.69 Å². The number of benzene rings is 2. The summed E-state index contributed by atoms with van der Waals surface area (Å²) in [6.07, 6.45) is 0. The average molecular weight is 387 g/mol. The number of esters is 2. The largest absolute Gasteiger partial charge is 0.386 e. The van der Waals surface area contributed by atoms with Crippen molar-refractivity contribution in [3.05, 3.63) is 70.8 Å². The number of carbonyl (C=O) groups is 2. The summed E-state index contributed by atoms with van der Waals surface area (Å²) in [5, 5.41) is 0. The lowest BCUT2D eigenvalue weighted by Crippen LogP contribution is -2.58. The second kappa shape index (κ2) is 4.78. The van der Waals surface area contributed by atoms with Gasteiger partial charge in [0.15, 0.2) is 0 Å². The van der Waals surface area contributed by atoms with Gasteiger partial charge in [0.2, 0.25) is 0 Å². The zero-order chi connectivity index (χ0) is 19.4. The summed E-state index contributed by atoms with van der Waals surface area (Å²) in [4.78, 5) is 29.1. The lowest BCUT2D eigenvalue weighted by Gasteiger charge is -2.50. The minimum absolute atomic E-state index is 0.439. The first-order chi connectivity index (χ1) is 13.4. The van der Waals surface area contributed by atoms with Crippen molar-refractivity contribution in [3.63, 3.8) is 0 Å². The number of cyclic esters (lactones) is 2. The SMILES string of the molecule is CN1c2ccccc2C2=C3C(=O)OC(=O)C3=C3c4ccccc4SC3(C)C21C. The number of likely N-dealkylation sites (N-methyl/N-ethyl adjacent to an activating group) is 1. The van der Waals surface area contributed by atoms with Gasteiger partial charge in [-0.05, 0) is 37.1 Å². The van der Waals surface area contributed by atoms with Gasteiger partial charge >= 0.3 is 11.9 Å². The van der Waals surface area contributed by atoms with Crippen LogP contribution in [0.3, 0.4) is 0 Å². The Morgan fingerprint density at radius 3 is 2.21 bits per heavy atom. The molecule has 2 unspecified atom stereocenters. The second-order valence-electron chi connectivity index (χ2n) is 7.96. The molecule has 1 saturated heterocycles. The van der Waals surface area contributed by atoms with Crippen molar-refractivity contribution in [2.24, 2.45) is 0 Å². The predicted octanol–water partition coefficient (Wildman–Crippen LogP) is 4.06. The minimum Gasteiger partial charge on any atom is -0.386 e. The van der Waals surface area contributed by atoms with Crippen LogP contribution in [0.2, 0.25) is 0 Å². The molecule has 4 aliphatic rings. The van der Waals surface area contributed by atoms with Gasteiger partial charge in [-0.1, -0.05) is 36.4 Å². The normalized spacial score (nSPS) is 29.5. The standard InChI is InChI=1S/C23H17NO3S/c1-22-18(12-8-4-6-10-14(12)24(22)3)16-17(21(26)27-20(16)25)19-13-9-5-7-11-15(13)28-23(19,22)2/h4-11H,1-3H3. The molecule has 28 heavy (non-hydrogen) atoms. The number of para-hydroxylation sites is 1. The van der Waals surface area contributed by atoms with Gasteiger partial charge in [0, 0.05) is 28.8 Å². The summed E-state index contributed by atoms with van der Waals surface area (Å²) < 4.78 is 4.72. The van der Waals surface area contributed by atoms with Crippen LogP contribution in [0.15, 0.2) is 64.6 Å². The second-order valence-corrected chi connectivity index (χ2v) is 9.42. The lowest BCUT2D eigenvalue weighted by atomic mass is 9.65.